The van der Waals surface area contributed by atoms with Crippen LogP contribution in [0.2, 0.25) is 0 Å². The number of nitrogens with one attached hydrogen (secondary N) is 2. The minimum atomic E-state index is -3.72. The Morgan fingerprint density at radius 1 is 1.08 bits per heavy atom. The summed E-state index contributed by atoms with van der Waals surface area (Å²) in [6.45, 7) is 5.12. The van der Waals surface area contributed by atoms with E-state index in [1.807, 2.05) is 13.8 Å². The van der Waals surface area contributed by atoms with E-state index in [2.05, 4.69) is 15.2 Å². The normalized spacial score (nSPS) is 11.3. The van der Waals surface area contributed by atoms with Crippen LogP contribution in [0.15, 0.2) is 45.1 Å². The van der Waals surface area contributed by atoms with Gasteiger partial charge < -0.3 is 9.84 Å². The Bertz CT molecular complexity index is 1050. The van der Waals surface area contributed by atoms with E-state index in [-0.39, 0.29) is 10.1 Å². The van der Waals surface area contributed by atoms with E-state index >= 15 is 0 Å². The largest absolute Gasteiger partial charge is 0.355 e. The van der Waals surface area contributed by atoms with Crippen LogP contribution in [0, 0.1) is 13.8 Å². The summed E-state index contributed by atoms with van der Waals surface area (Å²) in [7, 11) is -3.72. The van der Waals surface area contributed by atoms with Crippen molar-refractivity contribution >= 4 is 38.6 Å². The Kier molecular flexibility index (Phi) is 4.84. The molecule has 0 fully saturated rings. The van der Waals surface area contributed by atoms with Crippen LogP contribution in [-0.4, -0.2) is 19.5 Å². The van der Waals surface area contributed by atoms with Gasteiger partial charge in [0, 0.05) is 23.9 Å². The molecule has 0 atom stereocenters. The van der Waals surface area contributed by atoms with E-state index in [9.17, 15) is 13.2 Å². The molecule has 26 heavy (non-hydrogen) atoms. The molecule has 0 radical (unpaired) electrons. The number of aryl methyl sites for hydroxylation is 1. The predicted molar refractivity (Wildman–Crippen MR) is 101 cm³/mol. The molecule has 0 unspecified atom stereocenters. The number of aromatic nitrogens is 1. The molecular weight excluding hydrogens is 374 g/mol. The zero-order chi connectivity index (χ0) is 18.9. The Hall–Kier alpha value is -2.65. The van der Waals surface area contributed by atoms with Gasteiger partial charge >= 0.3 is 0 Å². The van der Waals surface area contributed by atoms with E-state index in [1.165, 1.54) is 13.0 Å². The number of benzene rings is 1. The fraction of sp³-hybridized carbons (Fsp3) is 0.176. The first kappa shape index (κ1) is 18.2. The van der Waals surface area contributed by atoms with Gasteiger partial charge in [0.1, 0.15) is 4.21 Å². The molecule has 1 amide bonds. The van der Waals surface area contributed by atoms with Gasteiger partial charge in [-0.2, -0.15) is 0 Å². The zero-order valence-corrected chi connectivity index (χ0v) is 16.0. The van der Waals surface area contributed by atoms with Crippen molar-refractivity contribution in [2.24, 2.45) is 0 Å². The van der Waals surface area contributed by atoms with Gasteiger partial charge in [-0.3, -0.25) is 9.52 Å². The summed E-state index contributed by atoms with van der Waals surface area (Å²) in [5.74, 6) is 0.385. The third kappa shape index (κ3) is 3.78. The van der Waals surface area contributed by atoms with Crippen LogP contribution in [0.5, 0.6) is 0 Å². The highest BCUT2D eigenvalue weighted by Crippen LogP contribution is 2.34. The Balaban J connectivity index is 1.80. The van der Waals surface area contributed by atoms with Crippen molar-refractivity contribution in [3.05, 3.63) is 47.7 Å². The van der Waals surface area contributed by atoms with Gasteiger partial charge in [-0.1, -0.05) is 5.16 Å². The highest BCUT2D eigenvalue weighted by molar-refractivity contribution is 7.94. The number of amides is 1. The lowest BCUT2D eigenvalue weighted by molar-refractivity contribution is -0.114. The first-order valence-electron chi connectivity index (χ1n) is 7.70. The molecule has 0 saturated heterocycles. The van der Waals surface area contributed by atoms with Crippen molar-refractivity contribution in [3.63, 3.8) is 0 Å². The van der Waals surface area contributed by atoms with E-state index in [0.717, 1.165) is 22.6 Å². The van der Waals surface area contributed by atoms with Crippen LogP contribution in [0.25, 0.3) is 10.6 Å². The van der Waals surface area contributed by atoms with Crippen LogP contribution in [-0.2, 0) is 14.8 Å². The fourth-order valence-corrected chi connectivity index (χ4v) is 4.66. The molecule has 136 valence electrons. The average molecular weight is 391 g/mol. The lowest BCUT2D eigenvalue weighted by Gasteiger charge is -2.07. The molecule has 9 heteroatoms. The molecular formula is C17H17N3O4S2. The molecule has 0 aliphatic heterocycles. The highest BCUT2D eigenvalue weighted by atomic mass is 32.2. The quantitative estimate of drug-likeness (QED) is 0.689. The summed E-state index contributed by atoms with van der Waals surface area (Å²) in [5, 5.41) is 6.52. The standard InChI is InChI=1S/C17H17N3O4S2/c1-10-11(2)19-24-17(10)15-8-9-16(25-15)26(22,23)20-14-6-4-13(5-7-14)18-12(3)21/h4-9,20H,1-3H3,(H,18,21). The van der Waals surface area contributed by atoms with Gasteiger partial charge in [-0.05, 0) is 50.2 Å². The molecule has 0 spiro atoms. The first-order valence-corrected chi connectivity index (χ1v) is 10.00. The maximum Gasteiger partial charge on any atom is 0.271 e. The van der Waals surface area contributed by atoms with Crippen LogP contribution in [0.4, 0.5) is 11.4 Å². The van der Waals surface area contributed by atoms with Crippen molar-refractivity contribution < 1.29 is 17.7 Å². The smallest absolute Gasteiger partial charge is 0.271 e. The van der Waals surface area contributed by atoms with Crippen LogP contribution >= 0.6 is 11.3 Å². The van der Waals surface area contributed by atoms with Crippen molar-refractivity contribution in [2.75, 3.05) is 10.0 Å². The molecule has 1 aromatic carbocycles. The zero-order valence-electron chi connectivity index (χ0n) is 14.4. The molecule has 2 heterocycles. The van der Waals surface area contributed by atoms with Gasteiger partial charge in [0.2, 0.25) is 5.91 Å². The molecule has 7 nitrogen and oxygen atoms in total. The van der Waals surface area contributed by atoms with Gasteiger partial charge in [0.15, 0.2) is 5.76 Å². The maximum absolute atomic E-state index is 12.6. The molecule has 0 saturated carbocycles. The monoisotopic (exact) mass is 391 g/mol. The number of hydrogen-bond donors (Lipinski definition) is 2. The van der Waals surface area contributed by atoms with Crippen LogP contribution in [0.1, 0.15) is 18.2 Å². The number of anilines is 2. The van der Waals surface area contributed by atoms with E-state index in [1.54, 1.807) is 30.3 Å². The number of carbonyl (C=O) groups is 1. The maximum atomic E-state index is 12.6. The second-order valence-corrected chi connectivity index (χ2v) is 8.70. The minimum absolute atomic E-state index is 0.173. The summed E-state index contributed by atoms with van der Waals surface area (Å²) in [6.07, 6.45) is 0. The van der Waals surface area contributed by atoms with E-state index in [0.29, 0.717) is 22.0 Å². The molecule has 0 aliphatic carbocycles. The van der Waals surface area contributed by atoms with Crippen molar-refractivity contribution in [2.45, 2.75) is 25.0 Å². The lowest BCUT2D eigenvalue weighted by atomic mass is 10.2. The number of rotatable bonds is 5. The summed E-state index contributed by atoms with van der Waals surface area (Å²) in [6, 6.07) is 9.65. The van der Waals surface area contributed by atoms with E-state index < -0.39 is 10.0 Å². The third-order valence-electron chi connectivity index (χ3n) is 3.68. The topological polar surface area (TPSA) is 101 Å². The summed E-state index contributed by atoms with van der Waals surface area (Å²) in [4.78, 5) is 11.7. The third-order valence-corrected chi connectivity index (χ3v) is 6.64. The number of nitrogens with zero attached hydrogens (tertiary/aromatic N) is 1. The molecule has 0 bridgehead atoms. The summed E-state index contributed by atoms with van der Waals surface area (Å²) < 4.78 is 33.1. The Labute approximate surface area is 155 Å². The summed E-state index contributed by atoms with van der Waals surface area (Å²) in [5.41, 5.74) is 2.66. The van der Waals surface area contributed by atoms with Crippen molar-refractivity contribution in [1.82, 2.24) is 5.16 Å². The van der Waals surface area contributed by atoms with Crippen LogP contribution < -0.4 is 10.0 Å². The van der Waals surface area contributed by atoms with E-state index in [4.69, 9.17) is 4.52 Å². The summed E-state index contributed by atoms with van der Waals surface area (Å²) >= 11 is 1.11. The second kappa shape index (κ2) is 6.93. The first-order chi connectivity index (χ1) is 12.3. The average Bonchev–Trinajstić information content (AvgIpc) is 3.17. The SMILES string of the molecule is CC(=O)Nc1ccc(NS(=O)(=O)c2ccc(-c3onc(C)c3C)s2)cc1. The van der Waals surface area contributed by atoms with Crippen LogP contribution in [0.3, 0.4) is 0 Å². The number of sulfonamides is 1. The van der Waals surface area contributed by atoms with Crippen molar-refractivity contribution in [3.8, 4) is 10.6 Å². The molecule has 3 aromatic rings. The highest BCUT2D eigenvalue weighted by Gasteiger charge is 2.20. The molecule has 2 aromatic heterocycles. The Morgan fingerprint density at radius 2 is 1.73 bits per heavy atom. The molecule has 2 N–H and O–H groups in total. The lowest BCUT2D eigenvalue weighted by Crippen LogP contribution is -2.11. The number of carbonyl (C=O) groups excluding carboxylic acids is 1. The van der Waals surface area contributed by atoms with Gasteiger partial charge in [0.25, 0.3) is 10.0 Å². The Morgan fingerprint density at radius 3 is 2.31 bits per heavy atom. The second-order valence-electron chi connectivity index (χ2n) is 5.70. The number of hydrogen-bond acceptors (Lipinski definition) is 6. The van der Waals surface area contributed by atoms with Gasteiger partial charge in [0.05, 0.1) is 10.6 Å². The van der Waals surface area contributed by atoms with Crippen molar-refractivity contribution in [1.29, 1.82) is 0 Å². The van der Waals surface area contributed by atoms with Gasteiger partial charge in [-0.15, -0.1) is 11.3 Å². The molecule has 3 rings (SSSR count). The predicted octanol–water partition coefficient (Wildman–Crippen LogP) is 3.78. The fourth-order valence-electron chi connectivity index (χ4n) is 2.26. The molecule has 0 aliphatic rings. The minimum Gasteiger partial charge on any atom is -0.355 e. The number of thiophene rings is 1. The van der Waals surface area contributed by atoms with Gasteiger partial charge in [-0.25, -0.2) is 8.42 Å².